The van der Waals surface area contributed by atoms with Gasteiger partial charge >= 0.3 is 0 Å². The van der Waals surface area contributed by atoms with Crippen LogP contribution in [0.3, 0.4) is 0 Å². The summed E-state index contributed by atoms with van der Waals surface area (Å²) in [5, 5.41) is 123. The first-order valence-corrected chi connectivity index (χ1v) is 17.8. The van der Waals surface area contributed by atoms with E-state index in [0.717, 1.165) is 6.42 Å². The summed E-state index contributed by atoms with van der Waals surface area (Å²) in [4.78, 5) is 0. The maximum atomic E-state index is 11.4. The summed E-state index contributed by atoms with van der Waals surface area (Å²) in [5.74, 6) is 0. The summed E-state index contributed by atoms with van der Waals surface area (Å²) in [6.07, 6.45) is -28.5. The van der Waals surface area contributed by atoms with Gasteiger partial charge in [-0.15, -0.1) is 0 Å². The minimum absolute atomic E-state index is 0.296. The van der Waals surface area contributed by atoms with Crippen molar-refractivity contribution in [2.24, 2.45) is 0 Å². The Kier molecular flexibility index (Phi) is 20.1. The Morgan fingerprint density at radius 1 is 0.463 bits per heavy atom. The molecule has 20 atom stereocenters. The van der Waals surface area contributed by atoms with Gasteiger partial charge in [0.2, 0.25) is 0 Å². The van der Waals surface area contributed by atoms with Crippen molar-refractivity contribution in [2.45, 2.75) is 143 Å². The highest BCUT2D eigenvalue weighted by Gasteiger charge is 2.54. The summed E-state index contributed by atoms with van der Waals surface area (Å²) in [5.41, 5.74) is 0. The molecule has 22 nitrogen and oxygen atoms in total. The van der Waals surface area contributed by atoms with Crippen LogP contribution in [0.5, 0.6) is 0 Å². The SMILES string of the molecule is CCCO.COC1C(CO)OC(OCC2OC(OC3C(CO)OC(C)C(O)C3O)C(O)C(O)C2OC2OC(CO)C(OC)C(O)C2OCCO)C(O)C1O. The largest absolute Gasteiger partial charge is 0.396 e. The fourth-order valence-electron chi connectivity index (χ4n) is 6.55. The van der Waals surface area contributed by atoms with Crippen LogP contribution in [-0.2, 0) is 47.4 Å². The zero-order chi connectivity index (χ0) is 40.3. The van der Waals surface area contributed by atoms with Crippen molar-refractivity contribution in [3.63, 3.8) is 0 Å². The molecule has 0 bridgehead atoms. The minimum atomic E-state index is -1.95. The second-order valence-corrected chi connectivity index (χ2v) is 13.2. The molecular weight excluding hydrogens is 736 g/mol. The molecule has 0 saturated carbocycles. The minimum Gasteiger partial charge on any atom is -0.396 e. The highest BCUT2D eigenvalue weighted by Crippen LogP contribution is 2.34. The van der Waals surface area contributed by atoms with Crippen LogP contribution in [0.15, 0.2) is 0 Å². The van der Waals surface area contributed by atoms with Gasteiger partial charge in [-0.3, -0.25) is 0 Å². The molecule has 0 aromatic rings. The Morgan fingerprint density at radius 2 is 0.907 bits per heavy atom. The number of hydrogen-bond donors (Lipinski definition) is 12. The van der Waals surface area contributed by atoms with Crippen molar-refractivity contribution in [1.82, 2.24) is 0 Å². The summed E-state index contributed by atoms with van der Waals surface area (Å²) >= 11 is 0. The first-order valence-electron chi connectivity index (χ1n) is 17.8. The van der Waals surface area contributed by atoms with Gasteiger partial charge in [0.25, 0.3) is 0 Å². The summed E-state index contributed by atoms with van der Waals surface area (Å²) in [6.45, 7) is 0.372. The molecule has 0 aromatic carbocycles. The van der Waals surface area contributed by atoms with E-state index >= 15 is 0 Å². The number of ether oxygens (including phenoxy) is 10. The lowest BCUT2D eigenvalue weighted by atomic mass is 9.94. The van der Waals surface area contributed by atoms with Crippen LogP contribution >= 0.6 is 0 Å². The molecule has 0 aliphatic carbocycles. The highest BCUT2D eigenvalue weighted by atomic mass is 16.8. The van der Waals surface area contributed by atoms with Gasteiger partial charge in [-0.1, -0.05) is 6.92 Å². The van der Waals surface area contributed by atoms with E-state index in [1.165, 1.54) is 21.1 Å². The molecule has 0 spiro atoms. The van der Waals surface area contributed by atoms with Crippen LogP contribution in [0, 0.1) is 0 Å². The normalized spacial score (nSPS) is 45.8. The summed E-state index contributed by atoms with van der Waals surface area (Å²) < 4.78 is 56.4. The summed E-state index contributed by atoms with van der Waals surface area (Å²) in [6, 6.07) is 0. The molecule has 0 radical (unpaired) electrons. The predicted molar refractivity (Wildman–Crippen MR) is 175 cm³/mol. The molecule has 320 valence electrons. The lowest BCUT2D eigenvalue weighted by Crippen LogP contribution is -2.67. The topological polar surface area (TPSA) is 335 Å². The van der Waals surface area contributed by atoms with E-state index < -0.39 is 156 Å². The van der Waals surface area contributed by atoms with Gasteiger partial charge < -0.3 is 109 Å². The molecule has 0 aromatic heterocycles. The van der Waals surface area contributed by atoms with Crippen LogP contribution < -0.4 is 0 Å². The van der Waals surface area contributed by atoms with Crippen molar-refractivity contribution in [3.05, 3.63) is 0 Å². The van der Waals surface area contributed by atoms with E-state index in [1.54, 1.807) is 0 Å². The summed E-state index contributed by atoms with van der Waals surface area (Å²) in [7, 11) is 2.50. The molecule has 4 saturated heterocycles. The average Bonchev–Trinajstić information content (AvgIpc) is 3.17. The Hall–Kier alpha value is -0.880. The zero-order valence-electron chi connectivity index (χ0n) is 30.7. The second kappa shape index (κ2) is 22.9. The Morgan fingerprint density at radius 3 is 1.44 bits per heavy atom. The Balaban J connectivity index is 0.00000186. The van der Waals surface area contributed by atoms with Gasteiger partial charge in [0.15, 0.2) is 18.9 Å². The molecule has 22 heteroatoms. The van der Waals surface area contributed by atoms with E-state index in [1.807, 2.05) is 6.92 Å². The number of rotatable bonds is 16. The van der Waals surface area contributed by atoms with E-state index in [0.29, 0.717) is 6.61 Å². The molecule has 4 rings (SSSR count). The third kappa shape index (κ3) is 11.2. The van der Waals surface area contributed by atoms with Gasteiger partial charge in [-0.05, 0) is 13.3 Å². The van der Waals surface area contributed by atoms with Crippen molar-refractivity contribution >= 4 is 0 Å². The number of hydrogen-bond acceptors (Lipinski definition) is 22. The third-order valence-corrected chi connectivity index (χ3v) is 9.54. The Labute approximate surface area is 312 Å². The number of aliphatic hydroxyl groups excluding tert-OH is 12. The van der Waals surface area contributed by atoms with Crippen LogP contribution in [0.25, 0.3) is 0 Å². The molecule has 4 heterocycles. The monoisotopic (exact) mass is 796 g/mol. The molecule has 4 aliphatic rings. The van der Waals surface area contributed by atoms with Crippen molar-refractivity contribution < 1.29 is 109 Å². The number of methoxy groups -OCH3 is 2. The molecule has 20 unspecified atom stereocenters. The smallest absolute Gasteiger partial charge is 0.187 e. The first-order chi connectivity index (χ1) is 25.8. The van der Waals surface area contributed by atoms with Crippen molar-refractivity contribution in [2.75, 3.05) is 60.5 Å². The fraction of sp³-hybridized carbons (Fsp3) is 1.00. The molecule has 4 fully saturated rings. The fourth-order valence-corrected chi connectivity index (χ4v) is 6.55. The molecule has 4 aliphatic heterocycles. The quantitative estimate of drug-likeness (QED) is 0.0690. The zero-order valence-corrected chi connectivity index (χ0v) is 30.7. The van der Waals surface area contributed by atoms with Crippen molar-refractivity contribution in [3.8, 4) is 0 Å². The molecule has 0 amide bonds. The van der Waals surface area contributed by atoms with Gasteiger partial charge in [0.1, 0.15) is 97.7 Å². The lowest BCUT2D eigenvalue weighted by Gasteiger charge is -2.49. The Bertz CT molecular complexity index is 1030. The van der Waals surface area contributed by atoms with Gasteiger partial charge in [-0.25, -0.2) is 0 Å². The maximum absolute atomic E-state index is 11.4. The molecular formula is C32H60O22. The molecule has 54 heavy (non-hydrogen) atoms. The number of aliphatic hydroxyl groups is 12. The van der Waals surface area contributed by atoms with Crippen LogP contribution in [-0.4, -0.2) is 244 Å². The standard InChI is InChI=1S/C29H52O21.C3H8O/c1-10-15(34)16(35)24(13(8-33)45-10)49-28-20(39)18(37)25(50-29-26(43-5-4-30)21(40)23(42-3)12(7-32)47-29)14(48-28)9-44-27-19(38)17(36)22(41-2)11(6-31)46-27;1-2-3-4/h10-40H,4-9H2,1-3H3;4H,2-3H2,1H3. The van der Waals surface area contributed by atoms with Gasteiger partial charge in [0.05, 0.1) is 45.7 Å². The van der Waals surface area contributed by atoms with E-state index in [-0.39, 0.29) is 6.61 Å². The third-order valence-electron chi connectivity index (χ3n) is 9.54. The highest BCUT2D eigenvalue weighted by molar-refractivity contribution is 4.98. The van der Waals surface area contributed by atoms with E-state index in [2.05, 4.69) is 0 Å². The predicted octanol–water partition coefficient (Wildman–Crippen LogP) is -6.97. The first kappa shape index (κ1) is 47.5. The van der Waals surface area contributed by atoms with E-state index in [9.17, 15) is 56.2 Å². The van der Waals surface area contributed by atoms with Gasteiger partial charge in [0, 0.05) is 20.8 Å². The van der Waals surface area contributed by atoms with Crippen molar-refractivity contribution in [1.29, 1.82) is 0 Å². The van der Waals surface area contributed by atoms with Gasteiger partial charge in [-0.2, -0.15) is 0 Å². The lowest BCUT2D eigenvalue weighted by molar-refractivity contribution is -0.381. The second-order valence-electron chi connectivity index (χ2n) is 13.2. The average molecular weight is 797 g/mol. The van der Waals surface area contributed by atoms with Crippen LogP contribution in [0.2, 0.25) is 0 Å². The maximum Gasteiger partial charge on any atom is 0.187 e. The van der Waals surface area contributed by atoms with Crippen LogP contribution in [0.4, 0.5) is 0 Å². The van der Waals surface area contributed by atoms with Crippen LogP contribution in [0.1, 0.15) is 20.3 Å². The van der Waals surface area contributed by atoms with E-state index in [4.69, 9.17) is 52.5 Å². The molecule has 12 N–H and O–H groups in total.